The van der Waals surface area contributed by atoms with Crippen LogP contribution in [0.4, 0.5) is 5.69 Å². The van der Waals surface area contributed by atoms with Gasteiger partial charge in [0.2, 0.25) is 0 Å². The third-order valence-electron chi connectivity index (χ3n) is 3.99. The molecule has 1 amide bonds. The van der Waals surface area contributed by atoms with Crippen LogP contribution in [0.1, 0.15) is 16.3 Å². The number of hydrogen-bond donors (Lipinski definition) is 1. The first kappa shape index (κ1) is 18.6. The van der Waals surface area contributed by atoms with Crippen LogP contribution in [0.5, 0.6) is 0 Å². The quantitative estimate of drug-likeness (QED) is 0.519. The lowest BCUT2D eigenvalue weighted by atomic mass is 10.3. The number of furan rings is 1. The van der Waals surface area contributed by atoms with Crippen molar-refractivity contribution >= 4 is 21.4 Å². The zero-order valence-electron chi connectivity index (χ0n) is 15.0. The topological polar surface area (TPSA) is 120 Å². The molecule has 0 aliphatic heterocycles. The van der Waals surface area contributed by atoms with Crippen molar-refractivity contribution in [2.45, 2.75) is 10.6 Å². The smallest absolute Gasteiger partial charge is 0.291 e. The Bertz CT molecular complexity index is 1230. The van der Waals surface area contributed by atoms with E-state index in [0.29, 0.717) is 11.5 Å². The first-order valence-electron chi connectivity index (χ1n) is 8.51. The minimum Gasteiger partial charge on any atom is -0.455 e. The second kappa shape index (κ2) is 7.68. The lowest BCUT2D eigenvalue weighted by Crippen LogP contribution is -2.14. The zero-order chi connectivity index (χ0) is 20.3. The van der Waals surface area contributed by atoms with Crippen molar-refractivity contribution in [1.29, 1.82) is 0 Å². The molecule has 0 radical (unpaired) electrons. The van der Waals surface area contributed by atoms with Crippen LogP contribution in [-0.2, 0) is 15.6 Å². The predicted octanol–water partition coefficient (Wildman–Crippen LogP) is 2.48. The van der Waals surface area contributed by atoms with Crippen LogP contribution >= 0.6 is 0 Å². The number of carbonyl (C=O) groups is 1. The number of benzene rings is 1. The summed E-state index contributed by atoms with van der Waals surface area (Å²) in [7, 11) is -3.57. The molecule has 4 aromatic rings. The van der Waals surface area contributed by atoms with Crippen LogP contribution in [0.3, 0.4) is 0 Å². The number of pyridine rings is 1. The predicted molar refractivity (Wildman–Crippen MR) is 103 cm³/mol. The minimum absolute atomic E-state index is 0.0170. The first-order valence-corrected chi connectivity index (χ1v) is 10.2. The maximum absolute atomic E-state index is 12.6. The van der Waals surface area contributed by atoms with Crippen LogP contribution in [0.25, 0.3) is 5.82 Å². The molecule has 0 atom stereocenters. The van der Waals surface area contributed by atoms with E-state index in [4.69, 9.17) is 4.42 Å². The number of aromatic nitrogens is 4. The van der Waals surface area contributed by atoms with Crippen LogP contribution < -0.4 is 5.32 Å². The van der Waals surface area contributed by atoms with Crippen molar-refractivity contribution in [3.05, 3.63) is 85.0 Å². The van der Waals surface area contributed by atoms with Gasteiger partial charge in [-0.2, -0.15) is 5.10 Å². The fourth-order valence-electron chi connectivity index (χ4n) is 2.65. The summed E-state index contributed by atoms with van der Waals surface area (Å²) in [6, 6.07) is 14.3. The van der Waals surface area contributed by atoms with E-state index in [1.165, 1.54) is 41.6 Å². The number of nitrogens with zero attached hydrogens (tertiary/aromatic N) is 4. The van der Waals surface area contributed by atoms with Crippen molar-refractivity contribution in [3.63, 3.8) is 0 Å². The van der Waals surface area contributed by atoms with E-state index in [1.54, 1.807) is 36.5 Å². The lowest BCUT2D eigenvalue weighted by Gasteiger charge is -2.08. The van der Waals surface area contributed by atoms with Gasteiger partial charge in [-0.15, -0.1) is 0 Å². The summed E-state index contributed by atoms with van der Waals surface area (Å²) >= 11 is 0. The second-order valence-corrected chi connectivity index (χ2v) is 8.00. The van der Waals surface area contributed by atoms with E-state index in [-0.39, 0.29) is 22.2 Å². The van der Waals surface area contributed by atoms with Crippen LogP contribution in [0, 0.1) is 0 Å². The molecule has 0 fully saturated rings. The lowest BCUT2D eigenvalue weighted by molar-refractivity contribution is 0.0995. The summed E-state index contributed by atoms with van der Waals surface area (Å²) in [5, 5.41) is 6.69. The molecular formula is C19H15N5O4S. The second-order valence-electron chi connectivity index (χ2n) is 6.01. The van der Waals surface area contributed by atoms with Gasteiger partial charge in [-0.3, -0.25) is 4.79 Å². The van der Waals surface area contributed by atoms with E-state index in [0.717, 1.165) is 0 Å². The number of carbonyl (C=O) groups excluding carboxylic acids is 1. The molecule has 0 spiro atoms. The van der Waals surface area contributed by atoms with E-state index < -0.39 is 15.7 Å². The molecule has 3 aromatic heterocycles. The van der Waals surface area contributed by atoms with Gasteiger partial charge in [-0.05, 0) is 36.4 Å². The van der Waals surface area contributed by atoms with Crippen LogP contribution in [0.15, 0.2) is 82.8 Å². The maximum Gasteiger partial charge on any atom is 0.291 e. The monoisotopic (exact) mass is 409 g/mol. The van der Waals surface area contributed by atoms with Crippen molar-refractivity contribution in [3.8, 4) is 5.82 Å². The van der Waals surface area contributed by atoms with E-state index in [1.807, 2.05) is 0 Å². The number of amides is 1. The van der Waals surface area contributed by atoms with Gasteiger partial charge in [0.05, 0.1) is 10.6 Å². The van der Waals surface area contributed by atoms with Crippen LogP contribution in [0.2, 0.25) is 0 Å². The molecule has 3 heterocycles. The SMILES string of the molecule is O=C(Nc1cccnc1-n1cncn1)c1ccc(CS(=O)(=O)c2ccccc2)o1. The summed E-state index contributed by atoms with van der Waals surface area (Å²) in [4.78, 5) is 20.8. The maximum atomic E-state index is 12.6. The standard InChI is InChI=1S/C19H15N5O4S/c25-19(23-16-7-4-10-21-18(16)24-13-20-12-22-24)17-9-8-14(28-17)11-29(26,27)15-5-2-1-3-6-15/h1-10,12-13H,11H2,(H,23,25). The van der Waals surface area contributed by atoms with Gasteiger partial charge in [0, 0.05) is 6.20 Å². The molecule has 9 nitrogen and oxygen atoms in total. The van der Waals surface area contributed by atoms with Crippen molar-refractivity contribution in [2.24, 2.45) is 0 Å². The summed E-state index contributed by atoms with van der Waals surface area (Å²) in [5.74, 6) is -0.348. The van der Waals surface area contributed by atoms with Crippen LogP contribution in [-0.4, -0.2) is 34.1 Å². The van der Waals surface area contributed by atoms with Crippen molar-refractivity contribution in [1.82, 2.24) is 19.7 Å². The highest BCUT2D eigenvalue weighted by atomic mass is 32.2. The first-order chi connectivity index (χ1) is 14.0. The Labute approximate surface area is 166 Å². The van der Waals surface area contributed by atoms with Gasteiger partial charge in [-0.1, -0.05) is 18.2 Å². The Balaban J connectivity index is 1.52. The number of hydrogen-bond acceptors (Lipinski definition) is 7. The summed E-state index contributed by atoms with van der Waals surface area (Å²) in [6.45, 7) is 0. The van der Waals surface area contributed by atoms with Gasteiger partial charge in [0.15, 0.2) is 21.4 Å². The molecule has 4 rings (SSSR count). The molecule has 0 saturated carbocycles. The number of sulfone groups is 1. The van der Waals surface area contributed by atoms with Crippen molar-refractivity contribution in [2.75, 3.05) is 5.32 Å². The Morgan fingerprint density at radius 3 is 2.66 bits per heavy atom. The van der Waals surface area contributed by atoms with E-state index in [2.05, 4.69) is 20.4 Å². The number of nitrogens with one attached hydrogen (secondary N) is 1. The summed E-state index contributed by atoms with van der Waals surface area (Å²) < 4.78 is 31.8. The Morgan fingerprint density at radius 1 is 1.07 bits per heavy atom. The molecule has 10 heteroatoms. The van der Waals surface area contributed by atoms with Gasteiger partial charge >= 0.3 is 0 Å². The molecule has 1 N–H and O–H groups in total. The molecule has 0 aliphatic rings. The Hall–Kier alpha value is -3.79. The fraction of sp³-hybridized carbons (Fsp3) is 0.0526. The third-order valence-corrected chi connectivity index (χ3v) is 5.65. The Morgan fingerprint density at radius 2 is 1.90 bits per heavy atom. The van der Waals surface area contributed by atoms with Gasteiger partial charge in [0.1, 0.15) is 24.2 Å². The Kier molecular flexibility index (Phi) is 4.92. The molecule has 0 aliphatic carbocycles. The summed E-state index contributed by atoms with van der Waals surface area (Å²) in [5.41, 5.74) is 0.401. The molecule has 146 valence electrons. The average molecular weight is 409 g/mol. The van der Waals surface area contributed by atoms with Gasteiger partial charge < -0.3 is 9.73 Å². The molecule has 29 heavy (non-hydrogen) atoms. The molecule has 0 unspecified atom stereocenters. The normalized spacial score (nSPS) is 11.3. The number of anilines is 1. The zero-order valence-corrected chi connectivity index (χ0v) is 15.8. The minimum atomic E-state index is -3.57. The molecule has 1 aromatic carbocycles. The van der Waals surface area contributed by atoms with E-state index >= 15 is 0 Å². The highest BCUT2D eigenvalue weighted by Crippen LogP contribution is 2.20. The third kappa shape index (κ3) is 4.06. The molecule has 0 bridgehead atoms. The number of rotatable bonds is 6. The highest BCUT2D eigenvalue weighted by Gasteiger charge is 2.20. The van der Waals surface area contributed by atoms with E-state index in [9.17, 15) is 13.2 Å². The molecular weight excluding hydrogens is 394 g/mol. The molecule has 0 saturated heterocycles. The summed E-state index contributed by atoms with van der Waals surface area (Å²) in [6.07, 6.45) is 4.37. The highest BCUT2D eigenvalue weighted by molar-refractivity contribution is 7.90. The fourth-order valence-corrected chi connectivity index (χ4v) is 3.92. The van der Waals surface area contributed by atoms with Crippen molar-refractivity contribution < 1.29 is 17.6 Å². The van der Waals surface area contributed by atoms with Gasteiger partial charge in [0.25, 0.3) is 5.91 Å². The largest absolute Gasteiger partial charge is 0.455 e. The van der Waals surface area contributed by atoms with Gasteiger partial charge in [-0.25, -0.2) is 23.1 Å². The average Bonchev–Trinajstić information content (AvgIpc) is 3.41.